The van der Waals surface area contributed by atoms with E-state index in [9.17, 15) is 24.3 Å². The largest absolute Gasteiger partial charge is 0.462 e. The van der Waals surface area contributed by atoms with E-state index in [0.717, 1.165) is 0 Å². The molecule has 1 saturated heterocycles. The topological polar surface area (TPSA) is 125 Å². The summed E-state index contributed by atoms with van der Waals surface area (Å²) in [7, 11) is 0. The fourth-order valence-corrected chi connectivity index (χ4v) is 6.21. The molecule has 0 aromatic rings. The Bertz CT molecular complexity index is 1020. The number of allylic oxidation sites excluding steroid dienone is 1. The molecule has 10 heteroatoms. The van der Waals surface area contributed by atoms with Crippen molar-refractivity contribution in [3.63, 3.8) is 0 Å². The molecule has 2 fully saturated rings. The highest BCUT2D eigenvalue weighted by molar-refractivity contribution is 6.23. The molecule has 0 radical (unpaired) electrons. The number of fused-ring (bicyclic) bond motifs is 2. The first-order chi connectivity index (χ1) is 16.6. The zero-order valence-corrected chi connectivity index (χ0v) is 21.9. The molecule has 36 heavy (non-hydrogen) atoms. The minimum atomic E-state index is -2.08. The lowest BCUT2D eigenvalue weighted by atomic mass is 9.56. The summed E-state index contributed by atoms with van der Waals surface area (Å²) in [6.45, 7) is 15.1. The van der Waals surface area contributed by atoms with Gasteiger partial charge in [-0.05, 0) is 25.0 Å². The molecule has 3 rings (SSSR count). The zero-order chi connectivity index (χ0) is 27.2. The Kier molecular flexibility index (Phi) is 7.77. The van der Waals surface area contributed by atoms with Crippen LogP contribution in [0, 0.1) is 17.3 Å². The Morgan fingerprint density at radius 1 is 1.11 bits per heavy atom. The highest BCUT2D eigenvalue weighted by atomic mass is 35.5. The Hall–Kier alpha value is -2.65. The number of carbonyl (C=O) groups excluding carboxylic acids is 4. The third-order valence-electron chi connectivity index (χ3n) is 7.49. The van der Waals surface area contributed by atoms with Crippen LogP contribution in [0.2, 0.25) is 0 Å². The Morgan fingerprint density at radius 3 is 2.25 bits per heavy atom. The second kappa shape index (κ2) is 10.0. The van der Waals surface area contributed by atoms with Gasteiger partial charge in [-0.2, -0.15) is 0 Å². The van der Waals surface area contributed by atoms with Crippen LogP contribution < -0.4 is 0 Å². The molecule has 198 valence electrons. The van der Waals surface area contributed by atoms with Crippen molar-refractivity contribution in [1.82, 2.24) is 0 Å². The molecule has 1 heterocycles. The van der Waals surface area contributed by atoms with Crippen LogP contribution in [0.1, 0.15) is 47.5 Å². The minimum absolute atomic E-state index is 0.178. The lowest BCUT2D eigenvalue weighted by Crippen LogP contribution is -2.65. The fourth-order valence-electron chi connectivity index (χ4n) is 5.88. The van der Waals surface area contributed by atoms with Crippen LogP contribution in [0.15, 0.2) is 36.5 Å². The summed E-state index contributed by atoms with van der Waals surface area (Å²) in [5, 5.41) is 11.1. The van der Waals surface area contributed by atoms with Crippen molar-refractivity contribution < 1.29 is 43.2 Å². The lowest BCUT2D eigenvalue weighted by Gasteiger charge is -2.54. The molecule has 9 nitrogen and oxygen atoms in total. The number of halogens is 1. The van der Waals surface area contributed by atoms with Crippen molar-refractivity contribution in [2.75, 3.05) is 0 Å². The van der Waals surface area contributed by atoms with Crippen molar-refractivity contribution in [2.45, 2.75) is 82.9 Å². The Balaban J connectivity index is 2.32. The highest BCUT2D eigenvalue weighted by Crippen LogP contribution is 2.55. The van der Waals surface area contributed by atoms with E-state index in [4.69, 9.17) is 30.5 Å². The number of carbonyl (C=O) groups is 4. The van der Waals surface area contributed by atoms with Crippen LogP contribution in [-0.4, -0.2) is 64.4 Å². The molecule has 0 amide bonds. The van der Waals surface area contributed by atoms with Gasteiger partial charge in [-0.25, -0.2) is 0 Å². The van der Waals surface area contributed by atoms with Gasteiger partial charge in [0.2, 0.25) is 0 Å². The van der Waals surface area contributed by atoms with E-state index in [1.54, 1.807) is 19.1 Å². The summed E-state index contributed by atoms with van der Waals surface area (Å²) >= 11 is 6.66. The van der Waals surface area contributed by atoms with E-state index in [-0.39, 0.29) is 18.4 Å². The molecule has 0 spiro atoms. The molecule has 2 aliphatic carbocycles. The van der Waals surface area contributed by atoms with Crippen molar-refractivity contribution >= 4 is 35.5 Å². The van der Waals surface area contributed by atoms with Gasteiger partial charge in [-0.15, -0.1) is 11.6 Å². The summed E-state index contributed by atoms with van der Waals surface area (Å²) in [6, 6.07) is 0. The van der Waals surface area contributed by atoms with Gasteiger partial charge >= 0.3 is 23.9 Å². The van der Waals surface area contributed by atoms with Gasteiger partial charge in [0.05, 0.1) is 11.3 Å². The molecule has 3 aliphatic rings. The first kappa shape index (κ1) is 27.9. The molecule has 1 N–H and O–H groups in total. The van der Waals surface area contributed by atoms with Crippen molar-refractivity contribution in [2.24, 2.45) is 17.3 Å². The lowest BCUT2D eigenvalue weighted by molar-refractivity contribution is -0.205. The van der Waals surface area contributed by atoms with Crippen LogP contribution >= 0.6 is 11.6 Å². The number of rotatable bonds is 3. The number of esters is 4. The molecular weight excluding hydrogens is 492 g/mol. The maximum absolute atomic E-state index is 12.8. The number of hydrogen-bond donors (Lipinski definition) is 1. The van der Waals surface area contributed by atoms with Crippen LogP contribution in [-0.2, 0) is 38.1 Å². The monoisotopic (exact) mass is 524 g/mol. The van der Waals surface area contributed by atoms with Gasteiger partial charge in [-0.3, -0.25) is 19.2 Å². The molecule has 1 aliphatic heterocycles. The second-order valence-electron chi connectivity index (χ2n) is 10.1. The number of ether oxygens (including phenoxy) is 4. The van der Waals surface area contributed by atoms with Crippen molar-refractivity contribution in [3.8, 4) is 0 Å². The number of alkyl halides is 1. The van der Waals surface area contributed by atoms with Gasteiger partial charge in [0.1, 0.15) is 18.3 Å². The van der Waals surface area contributed by atoms with Crippen LogP contribution in [0.4, 0.5) is 0 Å². The van der Waals surface area contributed by atoms with E-state index in [1.807, 2.05) is 0 Å². The first-order valence-electron chi connectivity index (χ1n) is 11.8. The van der Waals surface area contributed by atoms with Gasteiger partial charge in [0.15, 0.2) is 11.7 Å². The Morgan fingerprint density at radius 2 is 1.69 bits per heavy atom. The molecule has 0 bridgehead atoms. The summed E-state index contributed by atoms with van der Waals surface area (Å²) in [4.78, 5) is 49.1. The molecule has 0 aromatic heterocycles. The average molecular weight is 525 g/mol. The van der Waals surface area contributed by atoms with E-state index in [0.29, 0.717) is 5.57 Å². The fraction of sp³-hybridized carbons (Fsp3) is 0.615. The van der Waals surface area contributed by atoms with E-state index >= 15 is 0 Å². The molecule has 9 unspecified atom stereocenters. The molecular formula is C26H33ClO9. The molecule has 1 saturated carbocycles. The van der Waals surface area contributed by atoms with E-state index in [1.165, 1.54) is 27.7 Å². The maximum Gasteiger partial charge on any atom is 0.312 e. The zero-order valence-electron chi connectivity index (χ0n) is 21.1. The van der Waals surface area contributed by atoms with Crippen LogP contribution in [0.25, 0.3) is 0 Å². The van der Waals surface area contributed by atoms with E-state index in [2.05, 4.69) is 13.2 Å². The van der Waals surface area contributed by atoms with Crippen LogP contribution in [0.5, 0.6) is 0 Å². The Labute approximate surface area is 215 Å². The average Bonchev–Trinajstić information content (AvgIpc) is 2.98. The van der Waals surface area contributed by atoms with Gasteiger partial charge in [-0.1, -0.05) is 31.7 Å². The molecule has 0 aromatic carbocycles. The standard InChI is InChI=1S/C26H33ClO9/c1-12-8-9-19(34-16(5)29)25(7)11-18(33-15(4)28)10-13(2)20(25)22(35-17(6)30)26(32)14(3)24(31)36-23(26)21(12)27/h8-9,14,18-23,32H,1-2,10-11H2,3-7H3. The van der Waals surface area contributed by atoms with E-state index < -0.39 is 76.5 Å². The van der Waals surface area contributed by atoms with Gasteiger partial charge in [0, 0.05) is 38.5 Å². The van der Waals surface area contributed by atoms with Crippen LogP contribution in [0.3, 0.4) is 0 Å². The smallest absolute Gasteiger partial charge is 0.312 e. The summed E-state index contributed by atoms with van der Waals surface area (Å²) in [5.41, 5.74) is -2.42. The maximum atomic E-state index is 12.8. The first-order valence-corrected chi connectivity index (χ1v) is 12.2. The highest BCUT2D eigenvalue weighted by Gasteiger charge is 2.67. The number of hydrogen-bond acceptors (Lipinski definition) is 9. The summed E-state index contributed by atoms with van der Waals surface area (Å²) in [6.07, 6.45) is -0.682. The minimum Gasteiger partial charge on any atom is -0.462 e. The predicted molar refractivity (Wildman–Crippen MR) is 129 cm³/mol. The second-order valence-corrected chi connectivity index (χ2v) is 10.6. The van der Waals surface area contributed by atoms with Gasteiger partial charge in [0.25, 0.3) is 0 Å². The molecule has 9 atom stereocenters. The summed E-state index contributed by atoms with van der Waals surface area (Å²) < 4.78 is 22.5. The third-order valence-corrected chi connectivity index (χ3v) is 8.00. The predicted octanol–water partition coefficient (Wildman–Crippen LogP) is 2.78. The quantitative estimate of drug-likeness (QED) is 0.256. The van der Waals surface area contributed by atoms with Gasteiger partial charge < -0.3 is 24.1 Å². The van der Waals surface area contributed by atoms with Crippen molar-refractivity contribution in [1.29, 1.82) is 0 Å². The SMILES string of the molecule is C=C1C=CC(OC(C)=O)C2(C)CC(OC(C)=O)CC(=C)C2C(OC(C)=O)C2(O)C(C)C(=O)OC2C1Cl. The third kappa shape index (κ3) is 4.83. The van der Waals surface area contributed by atoms with Crippen molar-refractivity contribution in [3.05, 3.63) is 36.5 Å². The summed E-state index contributed by atoms with van der Waals surface area (Å²) in [5.74, 6) is -4.47. The normalized spacial score (nSPS) is 40.4. The number of aliphatic hydroxyl groups is 1.